The molecule has 0 fully saturated rings. The van der Waals surface area contributed by atoms with E-state index in [0.717, 1.165) is 16.7 Å². The average Bonchev–Trinajstić information content (AvgIpc) is 3.06. The molecular weight excluding hydrogens is 508 g/mol. The van der Waals surface area contributed by atoms with Crippen molar-refractivity contribution in [3.63, 3.8) is 0 Å². The fourth-order valence-electron chi connectivity index (χ4n) is 6.05. The Morgan fingerprint density at radius 3 is 1.83 bits per heavy atom. The van der Waals surface area contributed by atoms with Gasteiger partial charge in [0.2, 0.25) is 0 Å². The monoisotopic (exact) mass is 536 g/mol. The van der Waals surface area contributed by atoms with Crippen LogP contribution in [-0.2, 0) is 0 Å². The van der Waals surface area contributed by atoms with E-state index < -0.39 is 0 Å². The standard InChI is InChI=1S/C40H28N2/c41-26-30(31-17-11-25-42-27-31)16-8-14-28-15-9-23-33-32(28)22-10-24-34(33)40-37-20-6-4-18-35(37)39(29-12-2-1-3-13-29)36-19-5-7-21-38(36)40/h1-27,41H/b14-8+,30-16+,41-26?. The van der Waals surface area contributed by atoms with E-state index in [1.54, 1.807) is 12.4 Å². The number of benzene rings is 6. The predicted molar refractivity (Wildman–Crippen MR) is 180 cm³/mol. The SMILES string of the molecule is N=C/C(=C\C=C\c1cccc2c(-c3c4ccccc4c(-c4ccccc4)c4ccccc34)cccc12)c1cccnc1. The molecule has 0 amide bonds. The van der Waals surface area contributed by atoms with E-state index in [0.29, 0.717) is 0 Å². The number of fused-ring (bicyclic) bond motifs is 3. The quantitative estimate of drug-likeness (QED) is 0.128. The van der Waals surface area contributed by atoms with Gasteiger partial charge in [-0.05, 0) is 66.2 Å². The Morgan fingerprint density at radius 2 is 1.17 bits per heavy atom. The second-order valence-electron chi connectivity index (χ2n) is 10.3. The molecule has 0 bridgehead atoms. The molecule has 0 atom stereocenters. The largest absolute Gasteiger partial charge is 0.308 e. The summed E-state index contributed by atoms with van der Waals surface area (Å²) in [5.41, 5.74) is 7.86. The molecule has 1 N–H and O–H groups in total. The number of nitrogens with one attached hydrogen (secondary N) is 1. The zero-order chi connectivity index (χ0) is 28.3. The lowest BCUT2D eigenvalue weighted by atomic mass is 9.84. The van der Waals surface area contributed by atoms with Gasteiger partial charge in [-0.15, -0.1) is 0 Å². The summed E-state index contributed by atoms with van der Waals surface area (Å²) in [7, 11) is 0. The van der Waals surface area contributed by atoms with Gasteiger partial charge in [-0.2, -0.15) is 0 Å². The van der Waals surface area contributed by atoms with E-state index in [-0.39, 0.29) is 0 Å². The van der Waals surface area contributed by atoms with Crippen LogP contribution < -0.4 is 0 Å². The third-order valence-electron chi connectivity index (χ3n) is 7.92. The van der Waals surface area contributed by atoms with Crippen molar-refractivity contribution in [3.05, 3.63) is 163 Å². The Bertz CT molecular complexity index is 2080. The van der Waals surface area contributed by atoms with Crippen molar-refractivity contribution in [3.8, 4) is 22.3 Å². The van der Waals surface area contributed by atoms with E-state index >= 15 is 0 Å². The highest BCUT2D eigenvalue weighted by Gasteiger charge is 2.17. The number of hydrogen-bond donors (Lipinski definition) is 1. The second-order valence-corrected chi connectivity index (χ2v) is 10.3. The van der Waals surface area contributed by atoms with E-state index in [1.165, 1.54) is 60.8 Å². The third-order valence-corrected chi connectivity index (χ3v) is 7.92. The van der Waals surface area contributed by atoms with Crippen LogP contribution in [0.4, 0.5) is 0 Å². The first-order valence-corrected chi connectivity index (χ1v) is 14.1. The van der Waals surface area contributed by atoms with E-state index in [2.05, 4.69) is 126 Å². The summed E-state index contributed by atoms with van der Waals surface area (Å²) in [5, 5.41) is 15.3. The molecule has 0 saturated heterocycles. The van der Waals surface area contributed by atoms with Crippen LogP contribution in [0.2, 0.25) is 0 Å². The highest BCUT2D eigenvalue weighted by Crippen LogP contribution is 2.45. The first-order valence-electron chi connectivity index (χ1n) is 14.1. The fourth-order valence-corrected chi connectivity index (χ4v) is 6.05. The summed E-state index contributed by atoms with van der Waals surface area (Å²) in [6.45, 7) is 0. The second kappa shape index (κ2) is 11.1. The smallest absolute Gasteiger partial charge is 0.0346 e. The van der Waals surface area contributed by atoms with Gasteiger partial charge in [0.05, 0.1) is 0 Å². The topological polar surface area (TPSA) is 36.7 Å². The van der Waals surface area contributed by atoms with Gasteiger partial charge in [0.25, 0.3) is 0 Å². The van der Waals surface area contributed by atoms with E-state index in [4.69, 9.17) is 5.41 Å². The lowest BCUT2D eigenvalue weighted by Crippen LogP contribution is -1.92. The zero-order valence-corrected chi connectivity index (χ0v) is 23.0. The van der Waals surface area contributed by atoms with Crippen LogP contribution in [0.3, 0.4) is 0 Å². The van der Waals surface area contributed by atoms with Crippen molar-refractivity contribution in [1.29, 1.82) is 5.41 Å². The van der Waals surface area contributed by atoms with Crippen LogP contribution in [0.15, 0.2) is 152 Å². The van der Waals surface area contributed by atoms with Gasteiger partial charge >= 0.3 is 0 Å². The van der Waals surface area contributed by atoms with Gasteiger partial charge in [0.1, 0.15) is 0 Å². The molecule has 198 valence electrons. The van der Waals surface area contributed by atoms with Gasteiger partial charge < -0.3 is 5.41 Å². The van der Waals surface area contributed by atoms with Gasteiger partial charge in [-0.25, -0.2) is 0 Å². The van der Waals surface area contributed by atoms with Gasteiger partial charge in [0, 0.05) is 29.7 Å². The van der Waals surface area contributed by atoms with Crippen molar-refractivity contribution < 1.29 is 0 Å². The summed E-state index contributed by atoms with van der Waals surface area (Å²) < 4.78 is 0. The van der Waals surface area contributed by atoms with Crippen LogP contribution in [0.1, 0.15) is 11.1 Å². The maximum atomic E-state index is 7.88. The van der Waals surface area contributed by atoms with Crippen LogP contribution in [0.5, 0.6) is 0 Å². The molecule has 2 nitrogen and oxygen atoms in total. The van der Waals surface area contributed by atoms with E-state index in [9.17, 15) is 0 Å². The van der Waals surface area contributed by atoms with Crippen molar-refractivity contribution >= 4 is 50.2 Å². The average molecular weight is 537 g/mol. The highest BCUT2D eigenvalue weighted by molar-refractivity contribution is 6.23. The van der Waals surface area contributed by atoms with Crippen molar-refractivity contribution in [2.24, 2.45) is 0 Å². The molecule has 1 aromatic heterocycles. The maximum absolute atomic E-state index is 7.88. The molecule has 0 unspecified atom stereocenters. The summed E-state index contributed by atoms with van der Waals surface area (Å²) in [6, 6.07) is 45.3. The number of rotatable bonds is 6. The minimum absolute atomic E-state index is 0.816. The maximum Gasteiger partial charge on any atom is 0.0346 e. The molecule has 2 heteroatoms. The van der Waals surface area contributed by atoms with Crippen molar-refractivity contribution in [2.45, 2.75) is 0 Å². The number of nitrogens with zero attached hydrogens (tertiary/aromatic N) is 1. The predicted octanol–water partition coefficient (Wildman–Crippen LogP) is 10.6. The number of allylic oxidation sites excluding steroid dienone is 3. The molecule has 0 saturated carbocycles. The molecule has 7 rings (SSSR count). The molecular formula is C40H28N2. The molecule has 42 heavy (non-hydrogen) atoms. The Hall–Kier alpha value is -5.60. The summed E-state index contributed by atoms with van der Waals surface area (Å²) >= 11 is 0. The Labute approximate surface area is 245 Å². The minimum atomic E-state index is 0.816. The van der Waals surface area contributed by atoms with Crippen molar-refractivity contribution in [1.82, 2.24) is 4.98 Å². The Morgan fingerprint density at radius 1 is 0.548 bits per heavy atom. The summed E-state index contributed by atoms with van der Waals surface area (Å²) in [6.07, 6.45) is 11.0. The molecule has 0 aliphatic rings. The molecule has 0 aliphatic carbocycles. The van der Waals surface area contributed by atoms with E-state index in [1.807, 2.05) is 24.3 Å². The zero-order valence-electron chi connectivity index (χ0n) is 23.0. The summed E-state index contributed by atoms with van der Waals surface area (Å²) in [5.74, 6) is 0. The molecule has 1 heterocycles. The number of hydrogen-bond acceptors (Lipinski definition) is 2. The third kappa shape index (κ3) is 4.49. The molecule has 7 aromatic rings. The van der Waals surface area contributed by atoms with Crippen LogP contribution in [0, 0.1) is 5.41 Å². The Kier molecular flexibility index (Phi) is 6.71. The molecule has 0 radical (unpaired) electrons. The van der Waals surface area contributed by atoms with Gasteiger partial charge in [0.15, 0.2) is 0 Å². The van der Waals surface area contributed by atoms with Crippen LogP contribution in [-0.4, -0.2) is 11.2 Å². The first-order chi connectivity index (χ1) is 20.8. The van der Waals surface area contributed by atoms with Crippen LogP contribution >= 0.6 is 0 Å². The normalized spacial score (nSPS) is 12.0. The molecule has 6 aromatic carbocycles. The lowest BCUT2D eigenvalue weighted by Gasteiger charge is -2.19. The number of pyridine rings is 1. The molecule has 0 spiro atoms. The van der Waals surface area contributed by atoms with Crippen molar-refractivity contribution in [2.75, 3.05) is 0 Å². The fraction of sp³-hybridized carbons (Fsp3) is 0. The summed E-state index contributed by atoms with van der Waals surface area (Å²) in [4.78, 5) is 4.20. The number of aromatic nitrogens is 1. The first kappa shape index (κ1) is 25.4. The minimum Gasteiger partial charge on any atom is -0.308 e. The highest BCUT2D eigenvalue weighted by atomic mass is 14.6. The lowest BCUT2D eigenvalue weighted by molar-refractivity contribution is 1.31. The van der Waals surface area contributed by atoms with Crippen LogP contribution in [0.25, 0.3) is 66.2 Å². The molecule has 0 aliphatic heterocycles. The van der Waals surface area contributed by atoms with Gasteiger partial charge in [-0.1, -0.05) is 140 Å². The van der Waals surface area contributed by atoms with Gasteiger partial charge in [-0.3, -0.25) is 4.98 Å². The Balaban J connectivity index is 1.44.